The van der Waals surface area contributed by atoms with Crippen molar-refractivity contribution in [3.05, 3.63) is 0 Å². The van der Waals surface area contributed by atoms with Gasteiger partial charge >= 0.3 is 23.4 Å². The average Bonchev–Trinajstić information content (AvgIpc) is 1.45. The van der Waals surface area contributed by atoms with Crippen LogP contribution >= 0.6 is 0 Å². The first-order valence-corrected chi connectivity index (χ1v) is 4.85. The molecule has 0 aliphatic heterocycles. The first-order valence-electron chi connectivity index (χ1n) is 2.18. The Balaban J connectivity index is -0.00000000388. The molecule has 26 heteroatoms. The van der Waals surface area contributed by atoms with Gasteiger partial charge in [0.25, 0.3) is 0 Å². The van der Waals surface area contributed by atoms with Crippen molar-refractivity contribution in [1.29, 1.82) is 0 Å². The second kappa shape index (κ2) is 73.2. The molecule has 0 aromatic rings. The molecule has 0 atom stereocenters. The van der Waals surface area contributed by atoms with Crippen LogP contribution in [-0.2, 0) is 38.2 Å². The van der Waals surface area contributed by atoms with E-state index in [1.54, 1.807) is 0 Å². The number of nitrogens with two attached hydrogens (primary N) is 1. The third-order valence-corrected chi connectivity index (χ3v) is 0. The molecule has 29 N–H and O–H groups in total. The van der Waals surface area contributed by atoms with E-state index in [4.69, 9.17) is 39.8 Å². The molecule has 23 nitrogen and oxygen atoms in total. The molecule has 0 saturated heterocycles. The van der Waals surface area contributed by atoms with Crippen LogP contribution in [0.5, 0.6) is 0 Å². The Kier molecular flexibility index (Phi) is 433. The normalized spacial score (nSPS) is 5.22. The van der Waals surface area contributed by atoms with Gasteiger partial charge < -0.3 is 89.7 Å². The summed E-state index contributed by atoms with van der Waals surface area (Å²) in [5.41, 5.74) is 7.14. The Hall–Kier alpha value is -0.778. The molecule has 187 valence electrons. The van der Waals surface area contributed by atoms with Gasteiger partial charge in [0, 0.05) is 20.8 Å². The molecule has 0 rings (SSSR count). The maximum atomic E-state index is 9.11. The molecule has 0 aromatic carbocycles. The molecule has 0 spiro atoms. The zero-order valence-corrected chi connectivity index (χ0v) is 15.6. The fourth-order valence-corrected chi connectivity index (χ4v) is 0. The van der Waals surface area contributed by atoms with E-state index >= 15 is 0 Å². The molecule has 0 bridgehead atoms. The van der Waals surface area contributed by atoms with Crippen molar-refractivity contribution in [1.82, 2.24) is 0 Å². The number of hydrogen-bond acceptors (Lipinski definition) is 9. The van der Waals surface area contributed by atoms with Crippen LogP contribution in [0.4, 0.5) is 4.79 Å². The molecule has 2 amide bonds. The average molecular weight is 521 g/mol. The van der Waals surface area contributed by atoms with Gasteiger partial charge in [0.15, 0.2) is 0 Å². The van der Waals surface area contributed by atoms with Crippen molar-refractivity contribution in [3.63, 3.8) is 0 Å². The molecule has 1 radical (unpaired) electrons. The Labute approximate surface area is 161 Å². The minimum absolute atomic E-state index is 0. The van der Waals surface area contributed by atoms with Crippen LogP contribution in [-0.4, -0.2) is 107 Å². The zero-order chi connectivity index (χ0) is 12.6. The van der Waals surface area contributed by atoms with Crippen molar-refractivity contribution < 1.29 is 129 Å². The van der Waals surface area contributed by atoms with Gasteiger partial charge in [0.05, 0.1) is 0 Å². The number of hydrogen-bond donors (Lipinski definition) is 2. The van der Waals surface area contributed by atoms with E-state index in [0.29, 0.717) is 0 Å². The van der Waals surface area contributed by atoms with Crippen molar-refractivity contribution >= 4 is 26.8 Å². The summed E-state index contributed by atoms with van der Waals surface area (Å²) >= 11 is 0. The number of primary amides is 1. The maximum Gasteiger partial charge on any atom is 3.00 e. The maximum absolute atomic E-state index is 9.11. The Morgan fingerprint density at radius 3 is 0.556 bits per heavy atom. The molecule has 27 heavy (non-hydrogen) atoms. The van der Waals surface area contributed by atoms with Crippen LogP contribution in [0, 0.1) is 0 Å². The molecular formula is CH29CrN2O21S2. The number of carbonyl (C=O) groups excluding carboxylic acids is 1. The van der Waals surface area contributed by atoms with Gasteiger partial charge in [-0.05, 0) is 0 Å². The van der Waals surface area contributed by atoms with Crippen LogP contribution in [0.25, 0.3) is 0 Å². The van der Waals surface area contributed by atoms with E-state index in [1.165, 1.54) is 0 Å². The van der Waals surface area contributed by atoms with Crippen LogP contribution in [0.1, 0.15) is 0 Å². The summed E-state index contributed by atoms with van der Waals surface area (Å²) in [5, 5.41) is 0. The standard InChI is InChI=1S/CH4N2O.Cr.2H2O4S.12H2O/c2-1(3)4;;2*1-5(2,3)4;;;;;;;;;;;;/h(H4,2,3,4);;2*(H2,1,2,3,4);12*1H2/q;+3;;;;;;;;;;;;;;/p-3. The number of rotatable bonds is 0. The van der Waals surface area contributed by atoms with E-state index in [2.05, 4.69) is 11.5 Å². The smallest absolute Gasteiger partial charge is 0.759 e. The monoisotopic (exact) mass is 521 g/mol. The SMILES string of the molecule is NC([NH3+])=O.O.O.O.O.O.O.O.O.O.O.O.O.O=S(=O)([O-])[O-].O=S(=O)([O-])[O-].[Cr+3]. The number of amides is 2. The van der Waals surface area contributed by atoms with Gasteiger partial charge in [0.1, 0.15) is 0 Å². The van der Waals surface area contributed by atoms with Gasteiger partial charge in [0.2, 0.25) is 0 Å². The van der Waals surface area contributed by atoms with Crippen LogP contribution in [0.2, 0.25) is 0 Å². The van der Waals surface area contributed by atoms with Gasteiger partial charge in [-0.25, -0.2) is 4.79 Å². The molecule has 0 fully saturated rings. The van der Waals surface area contributed by atoms with E-state index in [9.17, 15) is 0 Å². The third kappa shape index (κ3) is 22500. The number of carbonyl (C=O) groups is 1. The second-order valence-electron chi connectivity index (χ2n) is 1.28. The molecule has 0 aliphatic carbocycles. The van der Waals surface area contributed by atoms with Crippen molar-refractivity contribution in [2.75, 3.05) is 0 Å². The van der Waals surface area contributed by atoms with Crippen molar-refractivity contribution in [3.8, 4) is 0 Å². The molecule has 0 aromatic heterocycles. The summed E-state index contributed by atoms with van der Waals surface area (Å²) in [5.74, 6) is 0. The molecule has 0 unspecified atom stereocenters. The summed E-state index contributed by atoms with van der Waals surface area (Å²) in [6.07, 6.45) is 0. The molecule has 0 saturated carbocycles. The largest absolute Gasteiger partial charge is 3.00 e. The first-order chi connectivity index (χ1) is 5.73. The fourth-order valence-electron chi connectivity index (χ4n) is 0. The van der Waals surface area contributed by atoms with E-state index < -0.39 is 26.8 Å². The van der Waals surface area contributed by atoms with Gasteiger partial charge in [-0.3, -0.25) is 22.6 Å². The molecule has 0 heterocycles. The van der Waals surface area contributed by atoms with Gasteiger partial charge in [-0.2, -0.15) is 0 Å². The summed E-state index contributed by atoms with van der Waals surface area (Å²) in [6.45, 7) is 0. The first kappa shape index (κ1) is 160. The molecule has 0 aliphatic rings. The number of quaternary nitrogens is 1. The van der Waals surface area contributed by atoms with E-state index in [1.807, 2.05) is 0 Å². The summed E-state index contributed by atoms with van der Waals surface area (Å²) in [6, 6.07) is -0.583. The summed E-state index contributed by atoms with van der Waals surface area (Å²) in [4.78, 5) is 9.11. The Morgan fingerprint density at radius 1 is 0.556 bits per heavy atom. The van der Waals surface area contributed by atoms with E-state index in [-0.39, 0.29) is 83.1 Å². The van der Waals surface area contributed by atoms with E-state index in [0.717, 1.165) is 0 Å². The third-order valence-electron chi connectivity index (χ3n) is 0. The summed E-state index contributed by atoms with van der Waals surface area (Å²) in [7, 11) is -10.3. The predicted octanol–water partition coefficient (Wildman–Crippen LogP) is -14.3. The van der Waals surface area contributed by atoms with Crippen LogP contribution in [0.15, 0.2) is 0 Å². The minimum atomic E-state index is -5.17. The van der Waals surface area contributed by atoms with Crippen molar-refractivity contribution in [2.24, 2.45) is 5.73 Å². The second-order valence-corrected chi connectivity index (χ2v) is 2.92. The van der Waals surface area contributed by atoms with Gasteiger partial charge in [-0.15, -0.1) is 0 Å². The fraction of sp³-hybridized carbons (Fsp3) is 0. The van der Waals surface area contributed by atoms with Gasteiger partial charge in [-0.1, -0.05) is 0 Å². The van der Waals surface area contributed by atoms with Crippen molar-refractivity contribution in [2.45, 2.75) is 0 Å². The Morgan fingerprint density at radius 2 is 0.556 bits per heavy atom. The minimum Gasteiger partial charge on any atom is -0.759 e. The zero-order valence-electron chi connectivity index (χ0n) is 12.7. The quantitative estimate of drug-likeness (QED) is 0.225. The molecular weight excluding hydrogens is 492 g/mol. The Bertz CT molecular complexity index is 298. The summed E-state index contributed by atoms with van der Waals surface area (Å²) < 4.78 is 68.2. The van der Waals surface area contributed by atoms with Crippen LogP contribution < -0.4 is 11.5 Å². The predicted molar refractivity (Wildman–Crippen MR) is 76.8 cm³/mol. The number of urea groups is 1. The topological polar surface area (TPSA) is 609 Å². The van der Waals surface area contributed by atoms with Crippen LogP contribution in [0.3, 0.4) is 0 Å².